The predicted octanol–water partition coefficient (Wildman–Crippen LogP) is 4.16. The molecule has 0 bridgehead atoms. The van der Waals surface area contributed by atoms with Crippen molar-refractivity contribution in [2.45, 2.75) is 72.1 Å². The largest absolute Gasteiger partial charge is 0.396 e. The van der Waals surface area contributed by atoms with E-state index in [0.29, 0.717) is 0 Å². The molecular weight excluding hydrogens is 212 g/mol. The van der Waals surface area contributed by atoms with Crippen molar-refractivity contribution in [3.8, 4) is 0 Å². The lowest BCUT2D eigenvalue weighted by Gasteiger charge is -2.32. The summed E-state index contributed by atoms with van der Waals surface area (Å²) in [6.07, 6.45) is 9.67. The van der Waals surface area contributed by atoms with Gasteiger partial charge in [0.05, 0.1) is 13.2 Å². The molecule has 0 unspecified atom stereocenters. The molecule has 2 heteroatoms. The lowest BCUT2D eigenvalue weighted by Crippen LogP contribution is -2.31. The van der Waals surface area contributed by atoms with Crippen LogP contribution in [0.4, 0.5) is 0 Å². The van der Waals surface area contributed by atoms with E-state index >= 15 is 0 Å². The zero-order valence-corrected chi connectivity index (χ0v) is 12.1. The number of hydrogen-bond acceptors (Lipinski definition) is 2. The maximum absolute atomic E-state index is 9.72. The molecule has 0 aliphatic heterocycles. The summed E-state index contributed by atoms with van der Waals surface area (Å²) in [6, 6.07) is 0. The summed E-state index contributed by atoms with van der Waals surface area (Å²) >= 11 is 0. The third-order valence-electron chi connectivity index (χ3n) is 3.57. The van der Waals surface area contributed by atoms with Gasteiger partial charge < -0.3 is 9.84 Å². The fourth-order valence-electron chi connectivity index (χ4n) is 2.29. The van der Waals surface area contributed by atoms with Crippen molar-refractivity contribution in [3.63, 3.8) is 0 Å². The van der Waals surface area contributed by atoms with Gasteiger partial charge in [0.2, 0.25) is 0 Å². The van der Waals surface area contributed by atoms with Crippen LogP contribution in [-0.4, -0.2) is 24.9 Å². The van der Waals surface area contributed by atoms with Gasteiger partial charge in [-0.1, -0.05) is 52.4 Å². The molecule has 1 N–H and O–H groups in total. The van der Waals surface area contributed by atoms with Gasteiger partial charge in [-0.25, -0.2) is 0 Å². The lowest BCUT2D eigenvalue weighted by molar-refractivity contribution is -0.00324. The van der Waals surface area contributed by atoms with Crippen molar-refractivity contribution in [2.75, 3.05) is 19.8 Å². The van der Waals surface area contributed by atoms with Gasteiger partial charge >= 0.3 is 0 Å². The minimum absolute atomic E-state index is 0.0281. The van der Waals surface area contributed by atoms with Crippen molar-refractivity contribution in [3.05, 3.63) is 0 Å². The van der Waals surface area contributed by atoms with Gasteiger partial charge in [-0.05, 0) is 19.8 Å². The summed E-state index contributed by atoms with van der Waals surface area (Å²) in [5.41, 5.74) is 0.0281. The highest BCUT2D eigenvalue weighted by Crippen LogP contribution is 2.31. The number of hydrogen-bond donors (Lipinski definition) is 1. The molecule has 17 heavy (non-hydrogen) atoms. The van der Waals surface area contributed by atoms with Gasteiger partial charge in [0.25, 0.3) is 0 Å². The van der Waals surface area contributed by atoms with Crippen LogP contribution in [0.15, 0.2) is 0 Å². The average Bonchev–Trinajstić information content (AvgIpc) is 2.36. The topological polar surface area (TPSA) is 29.5 Å². The quantitative estimate of drug-likeness (QED) is 0.522. The second-order valence-corrected chi connectivity index (χ2v) is 5.21. The average molecular weight is 244 g/mol. The third-order valence-corrected chi connectivity index (χ3v) is 3.57. The molecular formula is C15H32O2. The van der Waals surface area contributed by atoms with E-state index in [9.17, 15) is 5.11 Å². The highest BCUT2D eigenvalue weighted by molar-refractivity contribution is 4.78. The second-order valence-electron chi connectivity index (χ2n) is 5.21. The standard InChI is InChI=1S/C15H32O2/c1-4-7-9-11-15(13-16,14-17-6-3)12-10-8-5-2/h16H,4-14H2,1-3H3. The van der Waals surface area contributed by atoms with Crippen LogP contribution < -0.4 is 0 Å². The summed E-state index contributed by atoms with van der Waals surface area (Å²) in [5, 5.41) is 9.72. The Balaban J connectivity index is 4.17. The minimum Gasteiger partial charge on any atom is -0.396 e. The smallest absolute Gasteiger partial charge is 0.0544 e. The molecule has 0 aromatic carbocycles. The Bertz CT molecular complexity index is 147. The van der Waals surface area contributed by atoms with E-state index in [4.69, 9.17) is 4.74 Å². The summed E-state index contributed by atoms with van der Waals surface area (Å²) in [4.78, 5) is 0. The third kappa shape index (κ3) is 7.77. The van der Waals surface area contributed by atoms with Crippen molar-refractivity contribution in [2.24, 2.45) is 5.41 Å². The lowest BCUT2D eigenvalue weighted by atomic mass is 9.79. The van der Waals surface area contributed by atoms with Crippen molar-refractivity contribution in [1.82, 2.24) is 0 Å². The summed E-state index contributed by atoms with van der Waals surface area (Å²) < 4.78 is 5.59. The molecule has 0 radical (unpaired) electrons. The Hall–Kier alpha value is -0.0800. The van der Waals surface area contributed by atoms with Crippen molar-refractivity contribution >= 4 is 0 Å². The van der Waals surface area contributed by atoms with E-state index in [1.165, 1.54) is 38.5 Å². The number of aliphatic hydroxyl groups is 1. The number of rotatable bonds is 12. The van der Waals surface area contributed by atoms with Gasteiger partial charge in [-0.2, -0.15) is 0 Å². The van der Waals surface area contributed by atoms with Crippen molar-refractivity contribution < 1.29 is 9.84 Å². The van der Waals surface area contributed by atoms with Crippen LogP contribution in [0, 0.1) is 5.41 Å². The molecule has 0 fully saturated rings. The van der Waals surface area contributed by atoms with Crippen LogP contribution in [0.3, 0.4) is 0 Å². The molecule has 0 saturated heterocycles. The molecule has 0 atom stereocenters. The van der Waals surface area contributed by atoms with Gasteiger partial charge in [0.1, 0.15) is 0 Å². The van der Waals surface area contributed by atoms with Gasteiger partial charge in [0.15, 0.2) is 0 Å². The molecule has 0 aromatic heterocycles. The van der Waals surface area contributed by atoms with Gasteiger partial charge in [0, 0.05) is 12.0 Å². The first kappa shape index (κ1) is 16.9. The van der Waals surface area contributed by atoms with Crippen LogP contribution in [0.5, 0.6) is 0 Å². The first-order valence-electron chi connectivity index (χ1n) is 7.43. The molecule has 0 aliphatic rings. The second kappa shape index (κ2) is 11.0. The van der Waals surface area contributed by atoms with Gasteiger partial charge in [-0.3, -0.25) is 0 Å². The minimum atomic E-state index is 0.0281. The van der Waals surface area contributed by atoms with Gasteiger partial charge in [-0.15, -0.1) is 0 Å². The van der Waals surface area contributed by atoms with E-state index in [0.717, 1.165) is 26.1 Å². The molecule has 104 valence electrons. The normalized spacial score (nSPS) is 12.0. The predicted molar refractivity (Wildman–Crippen MR) is 74.3 cm³/mol. The molecule has 0 spiro atoms. The van der Waals surface area contributed by atoms with E-state index in [-0.39, 0.29) is 12.0 Å². The SMILES string of the molecule is CCCCCC(CO)(CCCCC)COCC. The molecule has 2 nitrogen and oxygen atoms in total. The van der Waals surface area contributed by atoms with Crippen LogP contribution >= 0.6 is 0 Å². The van der Waals surface area contributed by atoms with E-state index in [1.54, 1.807) is 0 Å². The Kier molecular flexibility index (Phi) is 11.0. The first-order valence-corrected chi connectivity index (χ1v) is 7.43. The monoisotopic (exact) mass is 244 g/mol. The Morgan fingerprint density at radius 3 is 1.76 bits per heavy atom. The summed E-state index contributed by atoms with van der Waals surface area (Å²) in [7, 11) is 0. The summed E-state index contributed by atoms with van der Waals surface area (Å²) in [5.74, 6) is 0. The van der Waals surface area contributed by atoms with Crippen LogP contribution in [0.2, 0.25) is 0 Å². The number of ether oxygens (including phenoxy) is 1. The first-order chi connectivity index (χ1) is 8.24. The maximum Gasteiger partial charge on any atom is 0.0544 e. The summed E-state index contributed by atoms with van der Waals surface area (Å²) in [6.45, 7) is 8.23. The number of unbranched alkanes of at least 4 members (excludes halogenated alkanes) is 4. The Labute approximate surface area is 108 Å². The fourth-order valence-corrected chi connectivity index (χ4v) is 2.29. The number of aliphatic hydroxyl groups excluding tert-OH is 1. The van der Waals surface area contributed by atoms with Crippen molar-refractivity contribution in [1.29, 1.82) is 0 Å². The van der Waals surface area contributed by atoms with Crippen LogP contribution in [-0.2, 0) is 4.74 Å². The maximum atomic E-state index is 9.72. The molecule has 0 aliphatic carbocycles. The molecule has 0 heterocycles. The van der Waals surface area contributed by atoms with Crippen LogP contribution in [0.1, 0.15) is 72.1 Å². The molecule has 0 rings (SSSR count). The zero-order valence-electron chi connectivity index (χ0n) is 12.1. The molecule has 0 aromatic rings. The Morgan fingerprint density at radius 1 is 0.882 bits per heavy atom. The van der Waals surface area contributed by atoms with Crippen LogP contribution in [0.25, 0.3) is 0 Å². The highest BCUT2D eigenvalue weighted by Gasteiger charge is 2.28. The molecule has 0 amide bonds. The van der Waals surface area contributed by atoms with E-state index in [2.05, 4.69) is 13.8 Å². The fraction of sp³-hybridized carbons (Fsp3) is 1.00. The molecule has 0 saturated carbocycles. The van der Waals surface area contributed by atoms with E-state index in [1.807, 2.05) is 6.92 Å². The zero-order chi connectivity index (χ0) is 13.0. The highest BCUT2D eigenvalue weighted by atomic mass is 16.5. The van der Waals surface area contributed by atoms with E-state index < -0.39 is 0 Å². The Morgan fingerprint density at radius 2 is 1.41 bits per heavy atom.